The second-order valence-electron chi connectivity index (χ2n) is 5.32. The van der Waals surface area contributed by atoms with Gasteiger partial charge in [-0.3, -0.25) is 0 Å². The van der Waals surface area contributed by atoms with Crippen LogP contribution in [0.25, 0.3) is 0 Å². The lowest BCUT2D eigenvalue weighted by Gasteiger charge is -2.25. The van der Waals surface area contributed by atoms with Gasteiger partial charge in [-0.1, -0.05) is 32.6 Å². The second kappa shape index (κ2) is 6.83. The van der Waals surface area contributed by atoms with Crippen LogP contribution >= 0.6 is 0 Å². The Morgan fingerprint density at radius 3 is 2.56 bits per heavy atom. The van der Waals surface area contributed by atoms with Gasteiger partial charge in [-0.25, -0.2) is 0 Å². The van der Waals surface area contributed by atoms with Crippen molar-refractivity contribution in [1.29, 1.82) is 0 Å². The van der Waals surface area contributed by atoms with E-state index in [0.29, 0.717) is 6.04 Å². The van der Waals surface area contributed by atoms with E-state index in [1.807, 2.05) is 7.05 Å². The lowest BCUT2D eigenvalue weighted by Crippen LogP contribution is -2.38. The fraction of sp³-hybridized carbons (Fsp3) is 0.923. The summed E-state index contributed by atoms with van der Waals surface area (Å²) in [6.07, 6.45) is 9.15. The summed E-state index contributed by atoms with van der Waals surface area (Å²) >= 11 is 0. The van der Waals surface area contributed by atoms with Crippen molar-refractivity contribution in [2.24, 2.45) is 13.0 Å². The Hall–Kier alpha value is -0.970. The average molecular weight is 251 g/mol. The number of nitrogens with one attached hydrogen (secondary N) is 1. The van der Waals surface area contributed by atoms with E-state index in [-0.39, 0.29) is 0 Å². The molecule has 5 heteroatoms. The van der Waals surface area contributed by atoms with Crippen LogP contribution in [0.5, 0.6) is 0 Å². The predicted molar refractivity (Wildman–Crippen MR) is 71.2 cm³/mol. The third-order valence-electron chi connectivity index (χ3n) is 3.89. The fourth-order valence-electron chi connectivity index (χ4n) is 2.98. The highest BCUT2D eigenvalue weighted by atomic mass is 15.6. The number of aromatic nitrogens is 4. The standard InChI is InChI=1S/C13H25N5/c1-3-14-12(10-13-15-17-18(2)16-13)11-8-6-4-5-7-9-11/h11-12,14H,3-10H2,1-2H3. The molecule has 102 valence electrons. The van der Waals surface area contributed by atoms with Crippen molar-refractivity contribution in [3.63, 3.8) is 0 Å². The number of tetrazole rings is 1. The molecule has 0 saturated heterocycles. The van der Waals surface area contributed by atoms with E-state index < -0.39 is 0 Å². The molecule has 1 aromatic heterocycles. The minimum atomic E-state index is 0.511. The number of hydrogen-bond acceptors (Lipinski definition) is 4. The van der Waals surface area contributed by atoms with Crippen LogP contribution in [0, 0.1) is 5.92 Å². The molecule has 1 N–H and O–H groups in total. The van der Waals surface area contributed by atoms with Crippen LogP contribution in [0.1, 0.15) is 51.3 Å². The summed E-state index contributed by atoms with van der Waals surface area (Å²) in [6.45, 7) is 3.19. The van der Waals surface area contributed by atoms with E-state index in [4.69, 9.17) is 0 Å². The molecule has 0 aliphatic heterocycles. The maximum atomic E-state index is 4.31. The molecular weight excluding hydrogens is 226 g/mol. The first-order chi connectivity index (χ1) is 8.79. The SMILES string of the molecule is CCNC(Cc1nnn(C)n1)C1CCCCCC1. The van der Waals surface area contributed by atoms with Crippen LogP contribution in [0.15, 0.2) is 0 Å². The molecule has 18 heavy (non-hydrogen) atoms. The first-order valence-corrected chi connectivity index (χ1v) is 7.26. The Kier molecular flexibility index (Phi) is 5.11. The molecule has 1 heterocycles. The van der Waals surface area contributed by atoms with Crippen molar-refractivity contribution < 1.29 is 0 Å². The van der Waals surface area contributed by atoms with Gasteiger partial charge in [0.2, 0.25) is 0 Å². The molecule has 1 aromatic rings. The van der Waals surface area contributed by atoms with Gasteiger partial charge in [0.1, 0.15) is 0 Å². The molecule has 0 radical (unpaired) electrons. The van der Waals surface area contributed by atoms with Gasteiger partial charge in [-0.05, 0) is 30.5 Å². The highest BCUT2D eigenvalue weighted by molar-refractivity contribution is 4.88. The Balaban J connectivity index is 1.97. The molecule has 0 bridgehead atoms. The van der Waals surface area contributed by atoms with Gasteiger partial charge < -0.3 is 5.32 Å². The van der Waals surface area contributed by atoms with Crippen LogP contribution in [0.4, 0.5) is 0 Å². The van der Waals surface area contributed by atoms with Crippen molar-refractivity contribution in [2.75, 3.05) is 6.54 Å². The minimum Gasteiger partial charge on any atom is -0.314 e. The van der Waals surface area contributed by atoms with Gasteiger partial charge in [0, 0.05) is 12.5 Å². The van der Waals surface area contributed by atoms with Crippen molar-refractivity contribution in [3.8, 4) is 0 Å². The minimum absolute atomic E-state index is 0.511. The molecule has 1 fully saturated rings. The second-order valence-corrected chi connectivity index (χ2v) is 5.32. The van der Waals surface area contributed by atoms with Crippen molar-refractivity contribution in [3.05, 3.63) is 5.82 Å². The summed E-state index contributed by atoms with van der Waals surface area (Å²) in [5, 5.41) is 16.0. The largest absolute Gasteiger partial charge is 0.314 e. The predicted octanol–water partition coefficient (Wildman–Crippen LogP) is 1.70. The number of hydrogen-bond donors (Lipinski definition) is 1. The summed E-state index contributed by atoms with van der Waals surface area (Å²) < 4.78 is 0. The Bertz CT molecular complexity index is 341. The van der Waals surface area contributed by atoms with E-state index >= 15 is 0 Å². The number of likely N-dealkylation sites (N-methyl/N-ethyl adjacent to an activating group) is 1. The van der Waals surface area contributed by atoms with Crippen molar-refractivity contribution in [2.45, 2.75) is 57.9 Å². The van der Waals surface area contributed by atoms with Gasteiger partial charge >= 0.3 is 0 Å². The zero-order chi connectivity index (χ0) is 12.8. The fourth-order valence-corrected chi connectivity index (χ4v) is 2.98. The van der Waals surface area contributed by atoms with E-state index in [9.17, 15) is 0 Å². The van der Waals surface area contributed by atoms with Gasteiger partial charge in [-0.2, -0.15) is 4.80 Å². The maximum Gasteiger partial charge on any atom is 0.176 e. The summed E-state index contributed by atoms with van der Waals surface area (Å²) in [4.78, 5) is 1.55. The summed E-state index contributed by atoms with van der Waals surface area (Å²) in [5.74, 6) is 1.64. The molecular formula is C13H25N5. The van der Waals surface area contributed by atoms with Crippen LogP contribution < -0.4 is 5.32 Å². The third kappa shape index (κ3) is 3.77. The Morgan fingerprint density at radius 1 is 1.28 bits per heavy atom. The molecule has 2 rings (SSSR count). The highest BCUT2D eigenvalue weighted by Gasteiger charge is 2.23. The lowest BCUT2D eigenvalue weighted by atomic mass is 9.89. The van der Waals surface area contributed by atoms with E-state index in [1.54, 1.807) is 4.80 Å². The summed E-state index contributed by atoms with van der Waals surface area (Å²) in [5.41, 5.74) is 0. The molecule has 1 atom stereocenters. The maximum absolute atomic E-state index is 4.31. The Morgan fingerprint density at radius 2 is 2.00 bits per heavy atom. The van der Waals surface area contributed by atoms with E-state index in [2.05, 4.69) is 27.7 Å². The van der Waals surface area contributed by atoms with Crippen molar-refractivity contribution >= 4 is 0 Å². The average Bonchev–Trinajstić information content (AvgIpc) is 2.63. The summed E-state index contributed by atoms with van der Waals surface area (Å²) in [6, 6.07) is 0.511. The number of rotatable bonds is 5. The third-order valence-corrected chi connectivity index (χ3v) is 3.89. The van der Waals surface area contributed by atoms with Gasteiger partial charge in [0.15, 0.2) is 5.82 Å². The first-order valence-electron chi connectivity index (χ1n) is 7.26. The normalized spacial score (nSPS) is 19.7. The molecule has 0 spiro atoms. The molecule has 1 unspecified atom stereocenters. The van der Waals surface area contributed by atoms with E-state index in [0.717, 1.165) is 24.7 Å². The zero-order valence-corrected chi connectivity index (χ0v) is 11.6. The van der Waals surface area contributed by atoms with Crippen LogP contribution in [-0.4, -0.2) is 32.8 Å². The van der Waals surface area contributed by atoms with Crippen LogP contribution in [0.3, 0.4) is 0 Å². The zero-order valence-electron chi connectivity index (χ0n) is 11.6. The molecule has 0 amide bonds. The smallest absolute Gasteiger partial charge is 0.176 e. The number of aryl methyl sites for hydroxylation is 1. The van der Waals surface area contributed by atoms with Gasteiger partial charge in [0.25, 0.3) is 0 Å². The molecule has 5 nitrogen and oxygen atoms in total. The number of nitrogens with zero attached hydrogens (tertiary/aromatic N) is 4. The molecule has 1 aliphatic rings. The van der Waals surface area contributed by atoms with Crippen LogP contribution in [0.2, 0.25) is 0 Å². The molecule has 1 saturated carbocycles. The van der Waals surface area contributed by atoms with Crippen LogP contribution in [-0.2, 0) is 13.5 Å². The van der Waals surface area contributed by atoms with Gasteiger partial charge in [-0.15, -0.1) is 10.2 Å². The molecule has 0 aromatic carbocycles. The topological polar surface area (TPSA) is 55.6 Å². The first kappa shape index (κ1) is 13.5. The molecule has 1 aliphatic carbocycles. The Labute approximate surface area is 109 Å². The summed E-state index contributed by atoms with van der Waals surface area (Å²) in [7, 11) is 1.82. The quantitative estimate of drug-likeness (QED) is 0.809. The van der Waals surface area contributed by atoms with Crippen molar-refractivity contribution in [1.82, 2.24) is 25.5 Å². The lowest BCUT2D eigenvalue weighted by molar-refractivity contribution is 0.317. The highest BCUT2D eigenvalue weighted by Crippen LogP contribution is 2.26. The van der Waals surface area contributed by atoms with Gasteiger partial charge in [0.05, 0.1) is 7.05 Å². The van der Waals surface area contributed by atoms with E-state index in [1.165, 1.54) is 38.5 Å². The monoisotopic (exact) mass is 251 g/mol.